The molecule has 18 heavy (non-hydrogen) atoms. The van der Waals surface area contributed by atoms with Crippen LogP contribution in [0.2, 0.25) is 0 Å². The van der Waals surface area contributed by atoms with E-state index in [9.17, 15) is 9.59 Å². The predicted molar refractivity (Wildman–Crippen MR) is 67.0 cm³/mol. The van der Waals surface area contributed by atoms with Crippen LogP contribution in [0.1, 0.15) is 33.5 Å². The van der Waals surface area contributed by atoms with Gasteiger partial charge in [-0.1, -0.05) is 11.3 Å². The van der Waals surface area contributed by atoms with Crippen LogP contribution in [0.3, 0.4) is 0 Å². The number of nitrogens with zero attached hydrogens (tertiary/aromatic N) is 3. The molecule has 6 nitrogen and oxygen atoms in total. The van der Waals surface area contributed by atoms with Gasteiger partial charge in [0.15, 0.2) is 16.6 Å². The highest BCUT2D eigenvalue weighted by molar-refractivity contribution is 7.17. The fourth-order valence-corrected chi connectivity index (χ4v) is 2.20. The van der Waals surface area contributed by atoms with Gasteiger partial charge in [0.1, 0.15) is 4.88 Å². The first-order chi connectivity index (χ1) is 8.51. The molecule has 1 aromatic rings. The van der Waals surface area contributed by atoms with Gasteiger partial charge in [-0.15, -0.1) is 0 Å². The molecule has 1 heterocycles. The van der Waals surface area contributed by atoms with E-state index in [1.165, 1.54) is 14.0 Å². The first kappa shape index (κ1) is 14.1. The van der Waals surface area contributed by atoms with E-state index in [1.54, 1.807) is 11.9 Å². The van der Waals surface area contributed by atoms with Crippen molar-refractivity contribution in [3.63, 3.8) is 0 Å². The lowest BCUT2D eigenvalue weighted by Crippen LogP contribution is -2.18. The third kappa shape index (κ3) is 3.05. The topological polar surface area (TPSA) is 83.3 Å². The van der Waals surface area contributed by atoms with Crippen LogP contribution in [0.5, 0.6) is 0 Å². The van der Waals surface area contributed by atoms with E-state index in [1.807, 2.05) is 6.07 Å². The van der Waals surface area contributed by atoms with Crippen LogP contribution in [-0.4, -0.2) is 37.4 Å². The van der Waals surface area contributed by atoms with Crippen LogP contribution in [-0.2, 0) is 4.74 Å². The van der Waals surface area contributed by atoms with E-state index < -0.39 is 5.97 Å². The molecule has 0 saturated heterocycles. The van der Waals surface area contributed by atoms with Gasteiger partial charge in [-0.2, -0.15) is 5.26 Å². The number of aromatic nitrogens is 1. The molecule has 1 rings (SSSR count). The molecular formula is C11H13N3O3S. The van der Waals surface area contributed by atoms with Gasteiger partial charge in [0.25, 0.3) is 0 Å². The number of anilines is 1. The monoisotopic (exact) mass is 267 g/mol. The maximum Gasteiger partial charge on any atom is 0.358 e. The molecule has 96 valence electrons. The first-order valence-corrected chi connectivity index (χ1v) is 6.01. The number of methoxy groups -OCH3 is 1. The van der Waals surface area contributed by atoms with Crippen molar-refractivity contribution in [3.05, 3.63) is 10.6 Å². The highest BCUT2D eigenvalue weighted by Crippen LogP contribution is 2.26. The van der Waals surface area contributed by atoms with E-state index in [4.69, 9.17) is 5.26 Å². The summed E-state index contributed by atoms with van der Waals surface area (Å²) in [7, 11) is 2.99. The van der Waals surface area contributed by atoms with Crippen LogP contribution < -0.4 is 4.90 Å². The number of Topliss-reactive ketones (excluding diaryl/α,β-unsaturated/α-hetero) is 1. The molecule has 0 aliphatic heterocycles. The number of hydrogen-bond donors (Lipinski definition) is 0. The third-order valence-corrected chi connectivity index (χ3v) is 3.47. The Kier molecular flexibility index (Phi) is 4.80. The summed E-state index contributed by atoms with van der Waals surface area (Å²) in [6, 6.07) is 2.02. The molecule has 0 amide bonds. The van der Waals surface area contributed by atoms with E-state index in [-0.39, 0.29) is 16.4 Å². The maximum absolute atomic E-state index is 11.5. The zero-order valence-corrected chi connectivity index (χ0v) is 11.2. The highest BCUT2D eigenvalue weighted by atomic mass is 32.1. The van der Waals surface area contributed by atoms with Crippen LogP contribution in [0, 0.1) is 11.3 Å². The van der Waals surface area contributed by atoms with Crippen LogP contribution >= 0.6 is 11.3 Å². The Balaban J connectivity index is 3.06. The molecule has 0 spiro atoms. The zero-order chi connectivity index (χ0) is 13.7. The normalized spacial score (nSPS) is 9.67. The molecule has 0 aliphatic rings. The maximum atomic E-state index is 11.5. The second-order valence-electron chi connectivity index (χ2n) is 3.55. The number of hydrogen-bond acceptors (Lipinski definition) is 7. The summed E-state index contributed by atoms with van der Waals surface area (Å²) in [5.41, 5.74) is 0.0359. The van der Waals surface area contributed by atoms with Crippen molar-refractivity contribution < 1.29 is 14.3 Å². The number of esters is 1. The van der Waals surface area contributed by atoms with Gasteiger partial charge in [-0.05, 0) is 0 Å². The molecule has 0 aliphatic carbocycles. The molecule has 7 heteroatoms. The molecule has 1 aromatic heterocycles. The number of nitriles is 1. The zero-order valence-electron chi connectivity index (χ0n) is 10.4. The van der Waals surface area contributed by atoms with Gasteiger partial charge in [0, 0.05) is 20.5 Å². The van der Waals surface area contributed by atoms with Crippen LogP contribution in [0.25, 0.3) is 0 Å². The van der Waals surface area contributed by atoms with Crippen molar-refractivity contribution in [2.45, 2.75) is 13.3 Å². The van der Waals surface area contributed by atoms with Gasteiger partial charge in [0.05, 0.1) is 19.6 Å². The van der Waals surface area contributed by atoms with E-state index in [0.717, 1.165) is 11.3 Å². The number of carbonyl (C=O) groups is 2. The van der Waals surface area contributed by atoms with E-state index >= 15 is 0 Å². The lowest BCUT2D eigenvalue weighted by molar-refractivity contribution is 0.0591. The summed E-state index contributed by atoms with van der Waals surface area (Å²) in [4.78, 5) is 29.0. The predicted octanol–water partition coefficient (Wildman–Crippen LogP) is 1.48. The molecule has 0 saturated carbocycles. The quantitative estimate of drug-likeness (QED) is 0.593. The first-order valence-electron chi connectivity index (χ1n) is 5.19. The van der Waals surface area contributed by atoms with Crippen molar-refractivity contribution in [1.29, 1.82) is 5.26 Å². The summed E-state index contributed by atoms with van der Waals surface area (Å²) in [5.74, 6) is -0.857. The second-order valence-corrected chi connectivity index (χ2v) is 4.53. The van der Waals surface area contributed by atoms with Gasteiger partial charge >= 0.3 is 5.97 Å². The molecule has 0 N–H and O–H groups in total. The van der Waals surface area contributed by atoms with E-state index in [0.29, 0.717) is 18.1 Å². The SMILES string of the molecule is COC(=O)c1nc(N(C)CCC#N)sc1C(C)=O. The van der Waals surface area contributed by atoms with Crippen molar-refractivity contribution in [3.8, 4) is 6.07 Å². The Hall–Kier alpha value is -1.94. The molecule has 0 radical (unpaired) electrons. The van der Waals surface area contributed by atoms with Gasteiger partial charge < -0.3 is 9.64 Å². The van der Waals surface area contributed by atoms with Crippen molar-refractivity contribution in [2.24, 2.45) is 0 Å². The van der Waals surface area contributed by atoms with Crippen molar-refractivity contribution in [1.82, 2.24) is 4.98 Å². The van der Waals surface area contributed by atoms with Gasteiger partial charge in [0.2, 0.25) is 0 Å². The van der Waals surface area contributed by atoms with Crippen LogP contribution in [0.15, 0.2) is 0 Å². The Bertz CT molecular complexity index is 504. The summed E-state index contributed by atoms with van der Waals surface area (Å²) in [5, 5.41) is 9.04. The highest BCUT2D eigenvalue weighted by Gasteiger charge is 2.23. The Labute approximate surface area is 109 Å². The molecule has 0 aromatic carbocycles. The smallest absolute Gasteiger partial charge is 0.358 e. The second kappa shape index (κ2) is 6.12. The van der Waals surface area contributed by atoms with Gasteiger partial charge in [-0.25, -0.2) is 9.78 Å². The van der Waals surface area contributed by atoms with Gasteiger partial charge in [-0.3, -0.25) is 4.79 Å². The minimum absolute atomic E-state index is 0.0359. The third-order valence-electron chi connectivity index (χ3n) is 2.20. The number of ketones is 1. The average Bonchev–Trinajstić information content (AvgIpc) is 2.80. The molecule has 0 bridgehead atoms. The number of rotatable bonds is 5. The lowest BCUT2D eigenvalue weighted by Gasteiger charge is -2.12. The minimum atomic E-state index is -0.628. The van der Waals surface area contributed by atoms with Crippen LogP contribution in [0.4, 0.5) is 5.13 Å². The molecule has 0 unspecified atom stereocenters. The Morgan fingerprint density at radius 3 is 2.72 bits per heavy atom. The van der Waals surface area contributed by atoms with E-state index in [2.05, 4.69) is 9.72 Å². The molecule has 0 atom stereocenters. The summed E-state index contributed by atoms with van der Waals surface area (Å²) >= 11 is 1.12. The summed E-state index contributed by atoms with van der Waals surface area (Å²) < 4.78 is 4.58. The average molecular weight is 267 g/mol. The fourth-order valence-electron chi connectivity index (χ4n) is 1.26. The number of thiazole rings is 1. The minimum Gasteiger partial charge on any atom is -0.464 e. The fraction of sp³-hybridized carbons (Fsp3) is 0.455. The Morgan fingerprint density at radius 2 is 2.22 bits per heavy atom. The van der Waals surface area contributed by atoms with Crippen molar-refractivity contribution >= 4 is 28.2 Å². The summed E-state index contributed by atoms with van der Waals surface area (Å²) in [6.45, 7) is 1.86. The van der Waals surface area contributed by atoms with Crippen molar-refractivity contribution in [2.75, 3.05) is 25.6 Å². The standard InChI is InChI=1S/C11H13N3O3S/c1-7(15)9-8(10(16)17-3)13-11(18-9)14(2)6-4-5-12/h4,6H2,1-3H3. The largest absolute Gasteiger partial charge is 0.464 e. The summed E-state index contributed by atoms with van der Waals surface area (Å²) in [6.07, 6.45) is 0.346. The lowest BCUT2D eigenvalue weighted by atomic mass is 10.3. The molecular weight excluding hydrogens is 254 g/mol. The molecule has 0 fully saturated rings. The number of ether oxygens (including phenoxy) is 1. The Morgan fingerprint density at radius 1 is 1.56 bits per heavy atom. The number of carbonyl (C=O) groups excluding carboxylic acids is 2.